The van der Waals surface area contributed by atoms with Crippen LogP contribution < -0.4 is 5.73 Å². The molecule has 0 saturated carbocycles. The van der Waals surface area contributed by atoms with Gasteiger partial charge in [-0.1, -0.05) is 0 Å². The maximum Gasteiger partial charge on any atom is 0.0701 e. The summed E-state index contributed by atoms with van der Waals surface area (Å²) >= 11 is 5.23. The number of thiophene rings is 1. The summed E-state index contributed by atoms with van der Waals surface area (Å²) in [5.41, 5.74) is 7.37. The van der Waals surface area contributed by atoms with Gasteiger partial charge in [-0.15, -0.1) is 11.3 Å². The molecule has 1 saturated heterocycles. The van der Waals surface area contributed by atoms with E-state index < -0.39 is 0 Å². The van der Waals surface area contributed by atoms with E-state index in [1.54, 1.807) is 11.3 Å². The maximum atomic E-state index is 5.98. The second-order valence-corrected chi connectivity index (χ2v) is 6.21. The Kier molecular flexibility index (Phi) is 3.27. The molecule has 0 aliphatic carbocycles. The molecule has 0 amide bonds. The summed E-state index contributed by atoms with van der Waals surface area (Å²) in [7, 11) is 0. The quantitative estimate of drug-likeness (QED) is 0.898. The van der Waals surface area contributed by atoms with Crippen LogP contribution in [0.2, 0.25) is 0 Å². The molecule has 2 rings (SSSR count). The van der Waals surface area contributed by atoms with Gasteiger partial charge in [-0.05, 0) is 46.3 Å². The van der Waals surface area contributed by atoms with E-state index in [4.69, 9.17) is 5.73 Å². The van der Waals surface area contributed by atoms with E-state index in [0.29, 0.717) is 12.1 Å². The van der Waals surface area contributed by atoms with Crippen molar-refractivity contribution in [2.24, 2.45) is 5.73 Å². The molecule has 0 aromatic carbocycles. The molecule has 2 N–H and O–H groups in total. The largest absolute Gasteiger partial charge is 0.326 e. The molecular formula is C10H15BrN2S. The van der Waals surface area contributed by atoms with Crippen molar-refractivity contribution in [1.29, 1.82) is 0 Å². The molecule has 14 heavy (non-hydrogen) atoms. The highest BCUT2D eigenvalue weighted by Gasteiger charge is 2.27. The van der Waals surface area contributed by atoms with Crippen molar-refractivity contribution in [3.05, 3.63) is 20.8 Å². The van der Waals surface area contributed by atoms with Crippen molar-refractivity contribution in [2.75, 3.05) is 6.54 Å². The zero-order chi connectivity index (χ0) is 10.1. The van der Waals surface area contributed by atoms with Gasteiger partial charge in [-0.3, -0.25) is 4.90 Å². The van der Waals surface area contributed by atoms with Crippen LogP contribution in [0.1, 0.15) is 18.9 Å². The predicted octanol–water partition coefficient (Wildman–Crippen LogP) is 2.43. The minimum Gasteiger partial charge on any atom is -0.326 e. The van der Waals surface area contributed by atoms with Gasteiger partial charge in [0, 0.05) is 25.2 Å². The van der Waals surface area contributed by atoms with E-state index in [1.165, 1.54) is 9.35 Å². The maximum absolute atomic E-state index is 5.98. The summed E-state index contributed by atoms with van der Waals surface area (Å²) in [5.74, 6) is 0. The van der Waals surface area contributed by atoms with E-state index >= 15 is 0 Å². The molecule has 2 unspecified atom stereocenters. The average molecular weight is 275 g/mol. The van der Waals surface area contributed by atoms with Crippen LogP contribution in [-0.2, 0) is 6.54 Å². The van der Waals surface area contributed by atoms with Crippen molar-refractivity contribution >= 4 is 27.3 Å². The van der Waals surface area contributed by atoms with Crippen LogP contribution in [0.3, 0.4) is 0 Å². The lowest BCUT2D eigenvalue weighted by molar-refractivity contribution is 0.252. The molecule has 0 radical (unpaired) electrons. The van der Waals surface area contributed by atoms with E-state index in [9.17, 15) is 0 Å². The highest BCUT2D eigenvalue weighted by Crippen LogP contribution is 2.24. The Morgan fingerprint density at radius 3 is 3.00 bits per heavy atom. The van der Waals surface area contributed by atoms with Crippen LogP contribution in [0.25, 0.3) is 0 Å². The minimum absolute atomic E-state index is 0.358. The Morgan fingerprint density at radius 2 is 2.50 bits per heavy atom. The number of rotatable bonds is 2. The standard InChI is InChI=1S/C10H15BrN2S/c1-7-9(12)2-3-13(7)5-8-4-10(11)14-6-8/h4,6-7,9H,2-3,5,12H2,1H3. The third-order valence-corrected chi connectivity index (χ3v) is 4.51. The first-order valence-corrected chi connectivity index (χ1v) is 6.56. The van der Waals surface area contributed by atoms with E-state index in [0.717, 1.165) is 19.5 Å². The second kappa shape index (κ2) is 4.31. The van der Waals surface area contributed by atoms with Gasteiger partial charge in [0.2, 0.25) is 0 Å². The zero-order valence-electron chi connectivity index (χ0n) is 8.24. The third-order valence-electron chi connectivity index (χ3n) is 2.95. The molecule has 4 heteroatoms. The van der Waals surface area contributed by atoms with Gasteiger partial charge in [-0.25, -0.2) is 0 Å². The van der Waals surface area contributed by atoms with Crippen molar-refractivity contribution in [1.82, 2.24) is 4.90 Å². The Bertz CT molecular complexity index is 313. The molecule has 2 nitrogen and oxygen atoms in total. The summed E-state index contributed by atoms with van der Waals surface area (Å²) in [5, 5.41) is 2.21. The molecule has 1 fully saturated rings. The van der Waals surface area contributed by atoms with Gasteiger partial charge in [0.1, 0.15) is 0 Å². The fraction of sp³-hybridized carbons (Fsp3) is 0.600. The summed E-state index contributed by atoms with van der Waals surface area (Å²) in [4.78, 5) is 2.46. The van der Waals surface area contributed by atoms with Gasteiger partial charge >= 0.3 is 0 Å². The highest BCUT2D eigenvalue weighted by molar-refractivity contribution is 9.11. The fourth-order valence-corrected chi connectivity index (χ4v) is 3.12. The smallest absolute Gasteiger partial charge is 0.0701 e. The van der Waals surface area contributed by atoms with Gasteiger partial charge in [-0.2, -0.15) is 0 Å². The number of halogens is 1. The first kappa shape index (κ1) is 10.6. The third kappa shape index (κ3) is 2.19. The summed E-state index contributed by atoms with van der Waals surface area (Å²) in [6.45, 7) is 4.39. The van der Waals surface area contributed by atoms with Gasteiger partial charge in [0.05, 0.1) is 3.79 Å². The van der Waals surface area contributed by atoms with Crippen LogP contribution in [0, 0.1) is 0 Å². The molecule has 1 aromatic heterocycles. The van der Waals surface area contributed by atoms with Crippen LogP contribution in [-0.4, -0.2) is 23.5 Å². The Balaban J connectivity index is 1.98. The second-order valence-electron chi connectivity index (χ2n) is 3.92. The predicted molar refractivity (Wildman–Crippen MR) is 64.5 cm³/mol. The molecule has 2 atom stereocenters. The minimum atomic E-state index is 0.358. The first-order chi connectivity index (χ1) is 6.66. The molecule has 1 aliphatic rings. The van der Waals surface area contributed by atoms with Crippen molar-refractivity contribution in [3.8, 4) is 0 Å². The number of nitrogens with zero attached hydrogens (tertiary/aromatic N) is 1. The van der Waals surface area contributed by atoms with Crippen molar-refractivity contribution in [2.45, 2.75) is 32.0 Å². The lowest BCUT2D eigenvalue weighted by Crippen LogP contribution is -2.36. The number of hydrogen-bond donors (Lipinski definition) is 1. The SMILES string of the molecule is CC1C(N)CCN1Cc1csc(Br)c1. The molecular weight excluding hydrogens is 260 g/mol. The molecule has 78 valence electrons. The molecule has 1 aliphatic heterocycles. The van der Waals surface area contributed by atoms with Crippen LogP contribution in [0.5, 0.6) is 0 Å². The molecule has 1 aromatic rings. The van der Waals surface area contributed by atoms with Crippen molar-refractivity contribution in [3.63, 3.8) is 0 Å². The van der Waals surface area contributed by atoms with E-state index in [2.05, 4.69) is 39.2 Å². The van der Waals surface area contributed by atoms with Crippen molar-refractivity contribution < 1.29 is 0 Å². The van der Waals surface area contributed by atoms with E-state index in [-0.39, 0.29) is 0 Å². The number of likely N-dealkylation sites (tertiary alicyclic amines) is 1. The molecule has 0 bridgehead atoms. The van der Waals surface area contributed by atoms with Gasteiger partial charge < -0.3 is 5.73 Å². The zero-order valence-corrected chi connectivity index (χ0v) is 10.6. The van der Waals surface area contributed by atoms with Gasteiger partial charge in [0.15, 0.2) is 0 Å². The summed E-state index contributed by atoms with van der Waals surface area (Å²) in [6, 6.07) is 3.08. The fourth-order valence-electron chi connectivity index (χ4n) is 1.92. The number of hydrogen-bond acceptors (Lipinski definition) is 3. The average Bonchev–Trinajstić information content (AvgIpc) is 2.67. The van der Waals surface area contributed by atoms with E-state index in [1.807, 2.05) is 0 Å². The Morgan fingerprint density at radius 1 is 1.71 bits per heavy atom. The topological polar surface area (TPSA) is 29.3 Å². The van der Waals surface area contributed by atoms with Gasteiger partial charge in [0.25, 0.3) is 0 Å². The monoisotopic (exact) mass is 274 g/mol. The lowest BCUT2D eigenvalue weighted by atomic mass is 10.1. The summed E-state index contributed by atoms with van der Waals surface area (Å²) in [6.07, 6.45) is 1.13. The lowest BCUT2D eigenvalue weighted by Gasteiger charge is -2.22. The summed E-state index contributed by atoms with van der Waals surface area (Å²) < 4.78 is 1.21. The highest BCUT2D eigenvalue weighted by atomic mass is 79.9. The normalized spacial score (nSPS) is 28.5. The Hall–Kier alpha value is 0.100. The first-order valence-electron chi connectivity index (χ1n) is 4.89. The molecule has 2 heterocycles. The Labute approximate surface area is 97.2 Å². The van der Waals surface area contributed by atoms with Crippen LogP contribution in [0.4, 0.5) is 0 Å². The number of nitrogens with two attached hydrogens (primary N) is 1. The van der Waals surface area contributed by atoms with Crippen LogP contribution >= 0.6 is 27.3 Å². The molecule has 0 spiro atoms. The van der Waals surface area contributed by atoms with Crippen LogP contribution in [0.15, 0.2) is 15.2 Å².